The molecule has 1 atom stereocenters. The molecule has 21 heavy (non-hydrogen) atoms. The minimum atomic E-state index is -3.72. The van der Waals surface area contributed by atoms with Gasteiger partial charge in [0.25, 0.3) is 0 Å². The van der Waals surface area contributed by atoms with Crippen LogP contribution in [0.2, 0.25) is 0 Å². The number of sulfonamides is 1. The number of aromatic carboxylic acids is 1. The molecular weight excluding hydrogens is 294 g/mol. The molecule has 6 nitrogen and oxygen atoms in total. The highest BCUT2D eigenvalue weighted by molar-refractivity contribution is 7.89. The van der Waals surface area contributed by atoms with E-state index in [9.17, 15) is 13.2 Å². The number of aryl methyl sites for hydroxylation is 1. The highest BCUT2D eigenvalue weighted by Crippen LogP contribution is 2.20. The summed E-state index contributed by atoms with van der Waals surface area (Å²) in [5.41, 5.74) is 0.576. The van der Waals surface area contributed by atoms with Gasteiger partial charge in [-0.05, 0) is 36.5 Å². The van der Waals surface area contributed by atoms with Gasteiger partial charge in [-0.15, -0.1) is 0 Å². The van der Waals surface area contributed by atoms with Crippen molar-refractivity contribution in [3.63, 3.8) is 0 Å². The third kappa shape index (κ3) is 3.81. The van der Waals surface area contributed by atoms with Gasteiger partial charge >= 0.3 is 5.97 Å². The maximum Gasteiger partial charge on any atom is 0.335 e. The Morgan fingerprint density at radius 3 is 2.81 bits per heavy atom. The minimum Gasteiger partial charge on any atom is -0.478 e. The lowest BCUT2D eigenvalue weighted by molar-refractivity contribution is 0.0696. The zero-order valence-corrected chi connectivity index (χ0v) is 12.6. The molecule has 0 aliphatic carbocycles. The Labute approximate surface area is 124 Å². The third-order valence-corrected chi connectivity index (χ3v) is 5.08. The van der Waals surface area contributed by atoms with Gasteiger partial charge in [0.1, 0.15) is 0 Å². The summed E-state index contributed by atoms with van der Waals surface area (Å²) in [5, 5.41) is 9.01. The van der Waals surface area contributed by atoms with Crippen molar-refractivity contribution in [3.05, 3.63) is 29.3 Å². The monoisotopic (exact) mass is 313 g/mol. The maximum atomic E-state index is 12.4. The highest BCUT2D eigenvalue weighted by Gasteiger charge is 2.23. The van der Waals surface area contributed by atoms with E-state index >= 15 is 0 Å². The van der Waals surface area contributed by atoms with Gasteiger partial charge < -0.3 is 9.84 Å². The van der Waals surface area contributed by atoms with E-state index < -0.39 is 16.0 Å². The number of nitrogens with one attached hydrogen (secondary N) is 1. The largest absolute Gasteiger partial charge is 0.478 e. The van der Waals surface area contributed by atoms with Crippen molar-refractivity contribution in [1.29, 1.82) is 0 Å². The van der Waals surface area contributed by atoms with Gasteiger partial charge in [-0.1, -0.05) is 13.0 Å². The molecule has 0 bridgehead atoms. The first kappa shape index (κ1) is 15.9. The van der Waals surface area contributed by atoms with Crippen molar-refractivity contribution < 1.29 is 23.1 Å². The average molecular weight is 313 g/mol. The Morgan fingerprint density at radius 2 is 2.24 bits per heavy atom. The van der Waals surface area contributed by atoms with Crippen molar-refractivity contribution in [2.24, 2.45) is 5.92 Å². The van der Waals surface area contributed by atoms with Gasteiger partial charge in [-0.25, -0.2) is 17.9 Å². The molecule has 1 aromatic carbocycles. The van der Waals surface area contributed by atoms with E-state index in [1.807, 2.05) is 6.92 Å². The maximum absolute atomic E-state index is 12.4. The molecule has 0 saturated carbocycles. The van der Waals surface area contributed by atoms with Crippen molar-refractivity contribution in [2.75, 3.05) is 19.8 Å². The number of ether oxygens (including phenoxy) is 1. The molecule has 1 fully saturated rings. The van der Waals surface area contributed by atoms with Gasteiger partial charge in [0.15, 0.2) is 0 Å². The summed E-state index contributed by atoms with van der Waals surface area (Å²) < 4.78 is 32.6. The zero-order chi connectivity index (χ0) is 15.5. The second kappa shape index (κ2) is 6.55. The van der Waals surface area contributed by atoms with Gasteiger partial charge in [-0.2, -0.15) is 0 Å². The second-order valence-corrected chi connectivity index (χ2v) is 6.80. The molecular formula is C14H19NO5S. The van der Waals surface area contributed by atoms with Crippen LogP contribution in [-0.4, -0.2) is 39.3 Å². The fraction of sp³-hybridized carbons (Fsp3) is 0.500. The zero-order valence-electron chi connectivity index (χ0n) is 11.8. The Hall–Kier alpha value is -1.44. The number of hydrogen-bond donors (Lipinski definition) is 2. The number of carboxylic acids is 1. The minimum absolute atomic E-state index is 0.0308. The van der Waals surface area contributed by atoms with Crippen molar-refractivity contribution in [2.45, 2.75) is 24.7 Å². The van der Waals surface area contributed by atoms with E-state index in [4.69, 9.17) is 9.84 Å². The van der Waals surface area contributed by atoms with Crippen LogP contribution in [0.3, 0.4) is 0 Å². The molecule has 0 radical (unpaired) electrons. The summed E-state index contributed by atoms with van der Waals surface area (Å²) in [4.78, 5) is 11.1. The first-order valence-corrected chi connectivity index (χ1v) is 8.36. The van der Waals surface area contributed by atoms with E-state index in [1.165, 1.54) is 12.1 Å². The molecule has 116 valence electrons. The molecule has 1 aromatic rings. The average Bonchev–Trinajstić information content (AvgIpc) is 2.98. The summed E-state index contributed by atoms with van der Waals surface area (Å²) in [6.07, 6.45) is 1.35. The van der Waals surface area contributed by atoms with E-state index in [0.717, 1.165) is 6.42 Å². The number of carboxylic acid groups (broad SMARTS) is 1. The van der Waals surface area contributed by atoms with E-state index in [-0.39, 0.29) is 16.4 Å². The molecule has 2 N–H and O–H groups in total. The number of carbonyl (C=O) groups is 1. The lowest BCUT2D eigenvalue weighted by Crippen LogP contribution is -2.30. The van der Waals surface area contributed by atoms with Crippen molar-refractivity contribution in [3.8, 4) is 0 Å². The Bertz CT molecular complexity index is 620. The molecule has 1 aliphatic rings. The van der Waals surface area contributed by atoms with Gasteiger partial charge in [-0.3, -0.25) is 0 Å². The lowest BCUT2D eigenvalue weighted by atomic mass is 10.1. The summed E-state index contributed by atoms with van der Waals surface area (Å²) >= 11 is 0. The van der Waals surface area contributed by atoms with Gasteiger partial charge in [0.2, 0.25) is 10.0 Å². The van der Waals surface area contributed by atoms with Gasteiger partial charge in [0.05, 0.1) is 17.1 Å². The molecule has 0 amide bonds. The molecule has 0 spiro atoms. The summed E-state index contributed by atoms with van der Waals surface area (Å²) in [6.45, 7) is 3.35. The lowest BCUT2D eigenvalue weighted by Gasteiger charge is -2.13. The SMILES string of the molecule is CCc1ccc(C(=O)O)cc1S(=O)(=O)NCC1CCOC1. The predicted octanol–water partition coefficient (Wildman–Crippen LogP) is 1.26. The van der Waals surface area contributed by atoms with Crippen LogP contribution in [0.5, 0.6) is 0 Å². The Kier molecular flexibility index (Phi) is 4.97. The van der Waals surface area contributed by atoms with Crippen LogP contribution in [0, 0.1) is 5.92 Å². The van der Waals surface area contributed by atoms with Crippen molar-refractivity contribution >= 4 is 16.0 Å². The summed E-state index contributed by atoms with van der Waals surface area (Å²) in [5.74, 6) is -0.967. The van der Waals surface area contributed by atoms with Crippen LogP contribution in [0.15, 0.2) is 23.1 Å². The summed E-state index contributed by atoms with van der Waals surface area (Å²) in [7, 11) is -3.72. The topological polar surface area (TPSA) is 92.7 Å². The van der Waals surface area contributed by atoms with Crippen LogP contribution in [0.4, 0.5) is 0 Å². The van der Waals surface area contributed by atoms with Crippen LogP contribution in [-0.2, 0) is 21.2 Å². The second-order valence-electron chi connectivity index (χ2n) is 5.06. The molecule has 1 saturated heterocycles. The fourth-order valence-corrected chi connectivity index (χ4v) is 3.73. The highest BCUT2D eigenvalue weighted by atomic mass is 32.2. The molecule has 7 heteroatoms. The molecule has 1 heterocycles. The van der Waals surface area contributed by atoms with E-state index in [0.29, 0.717) is 31.7 Å². The molecule has 2 rings (SSSR count). The smallest absolute Gasteiger partial charge is 0.335 e. The standard InChI is InChI=1S/C14H19NO5S/c1-2-11-3-4-12(14(16)17)7-13(11)21(18,19)15-8-10-5-6-20-9-10/h3-4,7,10,15H,2,5-6,8-9H2,1H3,(H,16,17). The summed E-state index contributed by atoms with van der Waals surface area (Å²) in [6, 6.07) is 4.19. The Balaban J connectivity index is 2.24. The molecule has 0 aromatic heterocycles. The van der Waals surface area contributed by atoms with Crippen molar-refractivity contribution in [1.82, 2.24) is 4.72 Å². The van der Waals surface area contributed by atoms with Crippen LogP contribution in [0.25, 0.3) is 0 Å². The Morgan fingerprint density at radius 1 is 1.48 bits per heavy atom. The quantitative estimate of drug-likeness (QED) is 0.825. The normalized spacial score (nSPS) is 18.8. The van der Waals surface area contributed by atoms with Crippen LogP contribution < -0.4 is 4.72 Å². The fourth-order valence-electron chi connectivity index (χ4n) is 2.28. The van der Waals surface area contributed by atoms with Gasteiger partial charge in [0, 0.05) is 13.2 Å². The van der Waals surface area contributed by atoms with E-state index in [2.05, 4.69) is 4.72 Å². The first-order valence-electron chi connectivity index (χ1n) is 6.87. The van der Waals surface area contributed by atoms with Crippen LogP contribution in [0.1, 0.15) is 29.3 Å². The molecule has 1 unspecified atom stereocenters. The van der Waals surface area contributed by atoms with E-state index in [1.54, 1.807) is 6.07 Å². The number of rotatable bonds is 6. The number of hydrogen-bond acceptors (Lipinski definition) is 4. The number of benzene rings is 1. The predicted molar refractivity (Wildman–Crippen MR) is 76.9 cm³/mol. The third-order valence-electron chi connectivity index (χ3n) is 3.57. The molecule has 1 aliphatic heterocycles. The first-order chi connectivity index (χ1) is 9.94. The van der Waals surface area contributed by atoms with Crippen LogP contribution >= 0.6 is 0 Å².